The van der Waals surface area contributed by atoms with Gasteiger partial charge < -0.3 is 15.5 Å². The van der Waals surface area contributed by atoms with E-state index in [1.54, 1.807) is 0 Å². The van der Waals surface area contributed by atoms with Gasteiger partial charge in [0.15, 0.2) is 0 Å². The molecule has 29 heavy (non-hydrogen) atoms. The van der Waals surface area contributed by atoms with E-state index in [2.05, 4.69) is 64.3 Å². The number of piperidine rings is 1. The molecule has 0 atom stereocenters. The fourth-order valence-corrected chi connectivity index (χ4v) is 3.79. The Morgan fingerprint density at radius 2 is 1.69 bits per heavy atom. The minimum Gasteiger partial charge on any atom is -0.478 e. The summed E-state index contributed by atoms with van der Waals surface area (Å²) in [5.41, 5.74) is 1.42. The van der Waals surface area contributed by atoms with Crippen LogP contribution in [0.5, 0.6) is 0 Å². The summed E-state index contributed by atoms with van der Waals surface area (Å²) < 4.78 is 1.24. The molecule has 0 aliphatic carbocycles. The van der Waals surface area contributed by atoms with E-state index in [9.17, 15) is 9.59 Å². The summed E-state index contributed by atoms with van der Waals surface area (Å²) in [6, 6.07) is 9.40. The monoisotopic (exact) mass is 468 g/mol. The van der Waals surface area contributed by atoms with Crippen LogP contribution in [0.2, 0.25) is 0 Å². The van der Waals surface area contributed by atoms with Crippen molar-refractivity contribution in [3.05, 3.63) is 46.5 Å². The Kier molecular flexibility index (Phi) is 12.5. The lowest BCUT2D eigenvalue weighted by Crippen LogP contribution is -2.44. The number of benzene rings is 1. The Hall–Kier alpha value is -1.70. The second-order valence-corrected chi connectivity index (χ2v) is 8.05. The van der Waals surface area contributed by atoms with E-state index in [0.29, 0.717) is 12.2 Å². The van der Waals surface area contributed by atoms with E-state index in [-0.39, 0.29) is 0 Å². The molecule has 0 spiro atoms. The molecular formula is C22H33BrN2O4. The van der Waals surface area contributed by atoms with Gasteiger partial charge >= 0.3 is 11.9 Å². The highest BCUT2D eigenvalue weighted by molar-refractivity contribution is 9.10. The summed E-state index contributed by atoms with van der Waals surface area (Å²) in [7, 11) is 0. The van der Waals surface area contributed by atoms with Gasteiger partial charge in [0.05, 0.1) is 0 Å². The molecular weight excluding hydrogens is 436 g/mol. The third-order valence-corrected chi connectivity index (χ3v) is 5.95. The molecule has 1 aliphatic rings. The molecule has 0 saturated carbocycles. The number of carboxylic acid groups (broad SMARTS) is 2. The maximum absolute atomic E-state index is 9.55. The lowest BCUT2D eigenvalue weighted by atomic mass is 9.98. The van der Waals surface area contributed by atoms with Crippen molar-refractivity contribution in [2.24, 2.45) is 5.92 Å². The molecule has 1 aromatic rings. The van der Waals surface area contributed by atoms with Crippen LogP contribution < -0.4 is 5.32 Å². The van der Waals surface area contributed by atoms with Crippen molar-refractivity contribution < 1.29 is 19.8 Å². The Morgan fingerprint density at radius 3 is 2.17 bits per heavy atom. The fourth-order valence-electron chi connectivity index (χ4n) is 3.38. The van der Waals surface area contributed by atoms with Gasteiger partial charge in [-0.1, -0.05) is 60.8 Å². The molecule has 2 rings (SSSR count). The first-order chi connectivity index (χ1) is 13.9. The van der Waals surface area contributed by atoms with Gasteiger partial charge in [-0.2, -0.15) is 0 Å². The van der Waals surface area contributed by atoms with E-state index in [1.807, 2.05) is 0 Å². The molecule has 1 aliphatic heterocycles. The van der Waals surface area contributed by atoms with Crippen LogP contribution in [-0.4, -0.2) is 52.7 Å². The largest absolute Gasteiger partial charge is 0.478 e. The van der Waals surface area contributed by atoms with Crippen LogP contribution in [0.1, 0.15) is 45.1 Å². The average Bonchev–Trinajstić information content (AvgIpc) is 2.72. The van der Waals surface area contributed by atoms with Gasteiger partial charge in [-0.05, 0) is 43.5 Å². The molecule has 0 radical (unpaired) electrons. The summed E-state index contributed by atoms with van der Waals surface area (Å²) in [4.78, 5) is 21.8. The number of carboxylic acids is 2. The zero-order valence-corrected chi connectivity index (χ0v) is 18.9. The predicted molar refractivity (Wildman–Crippen MR) is 119 cm³/mol. The lowest BCUT2D eigenvalue weighted by molar-refractivity contribution is -0.134. The quantitative estimate of drug-likeness (QED) is 0.471. The number of rotatable bonds is 9. The maximum Gasteiger partial charge on any atom is 0.328 e. The first-order valence-electron chi connectivity index (χ1n) is 10.2. The van der Waals surface area contributed by atoms with Crippen molar-refractivity contribution >= 4 is 27.9 Å². The molecule has 0 unspecified atom stereocenters. The van der Waals surface area contributed by atoms with Crippen molar-refractivity contribution in [1.29, 1.82) is 0 Å². The standard InChI is InChI=1S/C18H29BrN2.C4H4O4/c1-3-15(4-2)13-21(17-9-11-20-12-10-17)14-16-7-5-6-8-18(16)19;5-3(6)1-2-4(7)8/h5-8,15,17,20H,3-4,9-14H2,1-2H3;1-2H,(H,5,6)(H,7,8)/b;2-1+. The van der Waals surface area contributed by atoms with Crippen LogP contribution in [0.3, 0.4) is 0 Å². The van der Waals surface area contributed by atoms with E-state index in [0.717, 1.165) is 18.5 Å². The minimum atomic E-state index is -1.26. The topological polar surface area (TPSA) is 89.9 Å². The summed E-state index contributed by atoms with van der Waals surface area (Å²) in [5.74, 6) is -1.69. The van der Waals surface area contributed by atoms with E-state index < -0.39 is 11.9 Å². The second kappa shape index (κ2) is 14.3. The van der Waals surface area contributed by atoms with E-state index in [1.165, 1.54) is 55.4 Å². The normalized spacial score (nSPS) is 14.8. The molecule has 0 bridgehead atoms. The number of halogens is 1. The summed E-state index contributed by atoms with van der Waals surface area (Å²) in [6.07, 6.45) is 6.25. The van der Waals surface area contributed by atoms with Crippen molar-refractivity contribution in [2.45, 2.75) is 52.1 Å². The number of nitrogens with zero attached hydrogens (tertiary/aromatic N) is 1. The van der Waals surface area contributed by atoms with E-state index in [4.69, 9.17) is 10.2 Å². The third-order valence-electron chi connectivity index (χ3n) is 5.17. The van der Waals surface area contributed by atoms with Gasteiger partial charge in [0.2, 0.25) is 0 Å². The SMILES string of the molecule is CCC(CC)CN(Cc1ccccc1Br)C1CCNCC1.O=C(O)/C=C/C(=O)O. The smallest absolute Gasteiger partial charge is 0.328 e. The van der Waals surface area contributed by atoms with E-state index >= 15 is 0 Å². The molecule has 1 saturated heterocycles. The summed E-state index contributed by atoms with van der Waals surface area (Å²) in [6.45, 7) is 9.29. The molecule has 0 aromatic heterocycles. The highest BCUT2D eigenvalue weighted by Crippen LogP contribution is 2.23. The van der Waals surface area contributed by atoms with Crippen molar-refractivity contribution in [1.82, 2.24) is 10.2 Å². The molecule has 1 aromatic carbocycles. The molecule has 1 fully saturated rings. The Balaban J connectivity index is 0.000000447. The summed E-state index contributed by atoms with van der Waals surface area (Å²) in [5, 5.41) is 19.1. The molecule has 7 heteroatoms. The Morgan fingerprint density at radius 1 is 1.14 bits per heavy atom. The summed E-state index contributed by atoms with van der Waals surface area (Å²) >= 11 is 3.71. The zero-order valence-electron chi connectivity index (χ0n) is 17.3. The average molecular weight is 469 g/mol. The van der Waals surface area contributed by atoms with Gasteiger partial charge in [0, 0.05) is 35.8 Å². The lowest BCUT2D eigenvalue weighted by Gasteiger charge is -2.37. The highest BCUT2D eigenvalue weighted by Gasteiger charge is 2.23. The third kappa shape index (κ3) is 10.6. The second-order valence-electron chi connectivity index (χ2n) is 7.19. The van der Waals surface area contributed by atoms with Crippen LogP contribution in [-0.2, 0) is 16.1 Å². The zero-order chi connectivity index (χ0) is 21.6. The first-order valence-corrected chi connectivity index (χ1v) is 11.0. The van der Waals surface area contributed by atoms with Gasteiger partial charge in [0.1, 0.15) is 0 Å². The first kappa shape index (κ1) is 25.3. The number of carbonyl (C=O) groups is 2. The number of hydrogen-bond acceptors (Lipinski definition) is 4. The molecule has 162 valence electrons. The Labute approximate surface area is 182 Å². The Bertz CT molecular complexity index is 640. The highest BCUT2D eigenvalue weighted by atomic mass is 79.9. The number of aliphatic carboxylic acids is 2. The molecule has 6 nitrogen and oxygen atoms in total. The molecule has 0 amide bonds. The van der Waals surface area contributed by atoms with Gasteiger partial charge in [-0.3, -0.25) is 4.90 Å². The van der Waals surface area contributed by atoms with Gasteiger partial charge in [0.25, 0.3) is 0 Å². The van der Waals surface area contributed by atoms with Crippen LogP contribution in [0.15, 0.2) is 40.9 Å². The van der Waals surface area contributed by atoms with Gasteiger partial charge in [-0.25, -0.2) is 9.59 Å². The predicted octanol–water partition coefficient (Wildman–Crippen LogP) is 4.15. The maximum atomic E-state index is 9.55. The van der Waals surface area contributed by atoms with Crippen LogP contribution in [0.4, 0.5) is 0 Å². The fraction of sp³-hybridized carbons (Fsp3) is 0.545. The van der Waals surface area contributed by atoms with Gasteiger partial charge in [-0.15, -0.1) is 0 Å². The van der Waals surface area contributed by atoms with Crippen molar-refractivity contribution in [3.8, 4) is 0 Å². The van der Waals surface area contributed by atoms with Crippen LogP contribution in [0.25, 0.3) is 0 Å². The van der Waals surface area contributed by atoms with Crippen LogP contribution in [0, 0.1) is 5.92 Å². The number of nitrogens with one attached hydrogen (secondary N) is 1. The molecule has 1 heterocycles. The number of hydrogen-bond donors (Lipinski definition) is 3. The van der Waals surface area contributed by atoms with Crippen molar-refractivity contribution in [3.63, 3.8) is 0 Å². The minimum absolute atomic E-state index is 0.558. The van der Waals surface area contributed by atoms with Crippen molar-refractivity contribution in [2.75, 3.05) is 19.6 Å². The molecule has 3 N–H and O–H groups in total. The van der Waals surface area contributed by atoms with Crippen LogP contribution >= 0.6 is 15.9 Å².